The van der Waals surface area contributed by atoms with E-state index in [0.717, 1.165) is 25.9 Å². The Morgan fingerprint density at radius 2 is 1.88 bits per heavy atom. The molecule has 9 heteroatoms. The highest BCUT2D eigenvalue weighted by Crippen LogP contribution is 2.31. The van der Waals surface area contributed by atoms with Crippen molar-refractivity contribution in [1.82, 2.24) is 19.0 Å². The van der Waals surface area contributed by atoms with Gasteiger partial charge in [0, 0.05) is 45.5 Å². The van der Waals surface area contributed by atoms with Crippen LogP contribution in [-0.4, -0.2) is 70.8 Å². The normalized spacial score (nSPS) is 21.4. The second-order valence-corrected chi connectivity index (χ2v) is 9.14. The van der Waals surface area contributed by atoms with Crippen LogP contribution in [0.3, 0.4) is 0 Å². The van der Waals surface area contributed by atoms with E-state index in [4.69, 9.17) is 0 Å². The van der Waals surface area contributed by atoms with Crippen LogP contribution in [0.2, 0.25) is 0 Å². The van der Waals surface area contributed by atoms with Crippen LogP contribution in [0.25, 0.3) is 0 Å². The minimum absolute atomic E-state index is 0.0733. The summed E-state index contributed by atoms with van der Waals surface area (Å²) in [5.41, 5.74) is -0.779. The topological polar surface area (TPSA) is 87.5 Å². The lowest BCUT2D eigenvalue weighted by atomic mass is 9.86. The van der Waals surface area contributed by atoms with E-state index in [-0.39, 0.29) is 11.7 Å². The summed E-state index contributed by atoms with van der Waals surface area (Å²) in [4.78, 5) is 15.1. The smallest absolute Gasteiger partial charge is 0.248 e. The molecule has 3 heterocycles. The summed E-state index contributed by atoms with van der Waals surface area (Å²) in [7, 11) is -1.39. The first-order chi connectivity index (χ1) is 11.9. The van der Waals surface area contributed by atoms with E-state index < -0.39 is 15.6 Å². The summed E-state index contributed by atoms with van der Waals surface area (Å²) in [5.74, 6) is 0.819. The van der Waals surface area contributed by atoms with Gasteiger partial charge < -0.3 is 10.2 Å². The average Bonchev–Trinajstić information content (AvgIpc) is 3.26. The summed E-state index contributed by atoms with van der Waals surface area (Å²) in [5, 5.41) is 7.68. The van der Waals surface area contributed by atoms with Crippen LogP contribution < -0.4 is 5.32 Å². The minimum Gasteiger partial charge on any atom is -0.354 e. The number of amides is 1. The van der Waals surface area contributed by atoms with Crippen molar-refractivity contribution in [3.05, 3.63) is 12.3 Å². The first-order valence-electron chi connectivity index (χ1n) is 8.91. The molecular weight excluding hydrogens is 342 g/mol. The molecule has 0 bridgehead atoms. The number of carbonyl (C=O) groups is 1. The quantitative estimate of drug-likeness (QED) is 0.823. The van der Waals surface area contributed by atoms with Crippen molar-refractivity contribution in [3.63, 3.8) is 0 Å². The SMILES string of the molecule is CCS(=O)(=O)N1CCC(Nc2ccn(C)n2)(C(=O)N2CCCC2)CC1. The molecule has 1 aromatic rings. The summed E-state index contributed by atoms with van der Waals surface area (Å²) >= 11 is 0. The molecule has 8 nitrogen and oxygen atoms in total. The number of anilines is 1. The molecule has 0 radical (unpaired) electrons. The van der Waals surface area contributed by atoms with Gasteiger partial charge in [0.25, 0.3) is 0 Å². The highest BCUT2D eigenvalue weighted by Gasteiger charge is 2.46. The predicted molar refractivity (Wildman–Crippen MR) is 95.6 cm³/mol. The van der Waals surface area contributed by atoms with Gasteiger partial charge in [-0.3, -0.25) is 9.48 Å². The number of hydrogen-bond donors (Lipinski definition) is 1. The minimum atomic E-state index is -3.22. The van der Waals surface area contributed by atoms with Gasteiger partial charge in [-0.15, -0.1) is 0 Å². The molecule has 0 spiro atoms. The molecule has 1 amide bonds. The Morgan fingerprint density at radius 3 is 2.40 bits per heavy atom. The van der Waals surface area contributed by atoms with Crippen molar-refractivity contribution in [3.8, 4) is 0 Å². The Hall–Kier alpha value is -1.61. The van der Waals surface area contributed by atoms with E-state index in [1.807, 2.05) is 24.2 Å². The number of hydrogen-bond acceptors (Lipinski definition) is 5. The van der Waals surface area contributed by atoms with Gasteiger partial charge >= 0.3 is 0 Å². The van der Waals surface area contributed by atoms with Gasteiger partial charge in [0.2, 0.25) is 15.9 Å². The summed E-state index contributed by atoms with van der Waals surface area (Å²) in [6.07, 6.45) is 4.80. The largest absolute Gasteiger partial charge is 0.354 e. The highest BCUT2D eigenvalue weighted by molar-refractivity contribution is 7.89. The maximum atomic E-state index is 13.2. The van der Waals surface area contributed by atoms with Crippen LogP contribution in [0.4, 0.5) is 5.82 Å². The molecule has 2 aliphatic heterocycles. The van der Waals surface area contributed by atoms with E-state index in [1.165, 1.54) is 4.31 Å². The molecule has 0 atom stereocenters. The van der Waals surface area contributed by atoms with Crippen molar-refractivity contribution in [2.24, 2.45) is 7.05 Å². The highest BCUT2D eigenvalue weighted by atomic mass is 32.2. The van der Waals surface area contributed by atoms with Crippen LogP contribution in [0.15, 0.2) is 12.3 Å². The van der Waals surface area contributed by atoms with Crippen LogP contribution in [-0.2, 0) is 21.9 Å². The van der Waals surface area contributed by atoms with Crippen LogP contribution in [0.1, 0.15) is 32.6 Å². The first kappa shape index (κ1) is 18.2. The fraction of sp³-hybridized carbons (Fsp3) is 0.750. The Bertz CT molecular complexity index is 716. The van der Waals surface area contributed by atoms with E-state index in [2.05, 4.69) is 10.4 Å². The number of piperidine rings is 1. The molecule has 0 aromatic carbocycles. The molecular formula is C16H27N5O3S. The number of nitrogens with one attached hydrogen (secondary N) is 1. The van der Waals surface area contributed by atoms with Gasteiger partial charge in [0.05, 0.1) is 5.75 Å². The average molecular weight is 369 g/mol. The van der Waals surface area contributed by atoms with E-state index in [9.17, 15) is 13.2 Å². The molecule has 140 valence electrons. The summed E-state index contributed by atoms with van der Waals surface area (Å²) < 4.78 is 27.5. The van der Waals surface area contributed by atoms with Gasteiger partial charge in [-0.05, 0) is 32.6 Å². The number of likely N-dealkylation sites (tertiary alicyclic amines) is 1. The molecule has 0 unspecified atom stereocenters. The number of carbonyl (C=O) groups excluding carboxylic acids is 1. The summed E-state index contributed by atoms with van der Waals surface area (Å²) in [6, 6.07) is 1.84. The molecule has 2 saturated heterocycles. The third-order valence-corrected chi connectivity index (χ3v) is 7.10. The van der Waals surface area contributed by atoms with Crippen LogP contribution >= 0.6 is 0 Å². The predicted octanol–water partition coefficient (Wildman–Crippen LogP) is 0.639. The van der Waals surface area contributed by atoms with E-state index in [0.29, 0.717) is 31.7 Å². The summed E-state index contributed by atoms with van der Waals surface area (Å²) in [6.45, 7) is 3.92. The zero-order chi connectivity index (χ0) is 18.1. The molecule has 1 aromatic heterocycles. The molecule has 2 fully saturated rings. The third-order valence-electron chi connectivity index (χ3n) is 5.22. The fourth-order valence-electron chi connectivity index (χ4n) is 3.67. The number of aryl methyl sites for hydroxylation is 1. The molecule has 2 aliphatic rings. The fourth-order valence-corrected chi connectivity index (χ4v) is 4.77. The molecule has 0 saturated carbocycles. The van der Waals surface area contributed by atoms with Gasteiger partial charge in [-0.25, -0.2) is 12.7 Å². The molecule has 3 rings (SSSR count). The second kappa shape index (κ2) is 6.95. The zero-order valence-corrected chi connectivity index (χ0v) is 15.8. The lowest BCUT2D eigenvalue weighted by Crippen LogP contribution is -2.59. The Morgan fingerprint density at radius 1 is 1.24 bits per heavy atom. The number of sulfonamides is 1. The number of rotatable bonds is 5. The van der Waals surface area contributed by atoms with Crippen molar-refractivity contribution in [1.29, 1.82) is 0 Å². The monoisotopic (exact) mass is 369 g/mol. The van der Waals surface area contributed by atoms with E-state index in [1.54, 1.807) is 11.6 Å². The number of nitrogens with zero attached hydrogens (tertiary/aromatic N) is 4. The van der Waals surface area contributed by atoms with Gasteiger partial charge in [-0.2, -0.15) is 5.10 Å². The maximum Gasteiger partial charge on any atom is 0.248 e. The van der Waals surface area contributed by atoms with Gasteiger partial charge in [0.1, 0.15) is 11.4 Å². The first-order valence-corrected chi connectivity index (χ1v) is 10.5. The molecule has 25 heavy (non-hydrogen) atoms. The lowest BCUT2D eigenvalue weighted by Gasteiger charge is -2.42. The van der Waals surface area contributed by atoms with Gasteiger partial charge in [-0.1, -0.05) is 0 Å². The molecule has 0 aliphatic carbocycles. The standard InChI is InChI=1S/C16H27N5O3S/c1-3-25(23,24)21-12-7-16(8-13-21,15(22)20-9-4-5-10-20)17-14-6-11-19(2)18-14/h6,11H,3-5,7-10,12-13H2,1-2H3,(H,17,18). The van der Waals surface area contributed by atoms with Gasteiger partial charge in [0.15, 0.2) is 0 Å². The van der Waals surface area contributed by atoms with Crippen molar-refractivity contribution in [2.75, 3.05) is 37.2 Å². The van der Waals surface area contributed by atoms with Crippen LogP contribution in [0, 0.1) is 0 Å². The Balaban J connectivity index is 1.82. The van der Waals surface area contributed by atoms with Crippen molar-refractivity contribution >= 4 is 21.7 Å². The number of aromatic nitrogens is 2. The van der Waals surface area contributed by atoms with Crippen molar-refractivity contribution in [2.45, 2.75) is 38.1 Å². The zero-order valence-electron chi connectivity index (χ0n) is 14.9. The van der Waals surface area contributed by atoms with Crippen LogP contribution in [0.5, 0.6) is 0 Å². The maximum absolute atomic E-state index is 13.2. The Kier molecular flexibility index (Phi) is 5.06. The third kappa shape index (κ3) is 3.67. The van der Waals surface area contributed by atoms with Crippen molar-refractivity contribution < 1.29 is 13.2 Å². The van der Waals surface area contributed by atoms with E-state index >= 15 is 0 Å². The second-order valence-electron chi connectivity index (χ2n) is 6.88. The molecule has 1 N–H and O–H groups in total. The Labute approximate surface area is 149 Å². The lowest BCUT2D eigenvalue weighted by molar-refractivity contribution is -0.136.